The Hall–Kier alpha value is -5.02. The second-order valence-corrected chi connectivity index (χ2v) is 10.7. The third kappa shape index (κ3) is 4.04. The minimum absolute atomic E-state index is 0.0446. The molecule has 1 fully saturated rings. The van der Waals surface area contributed by atoms with Gasteiger partial charge in [0.15, 0.2) is 23.0 Å². The Balaban J connectivity index is 1.14. The van der Waals surface area contributed by atoms with Crippen molar-refractivity contribution in [3.05, 3.63) is 89.5 Å². The molecule has 0 bridgehead atoms. The van der Waals surface area contributed by atoms with Gasteiger partial charge in [-0.25, -0.2) is 0 Å². The minimum atomic E-state index is -0.0446. The molecule has 42 heavy (non-hydrogen) atoms. The molecule has 0 saturated carbocycles. The third-order valence-corrected chi connectivity index (χ3v) is 8.28. The number of ketones is 1. The minimum Gasteiger partial charge on any atom is -0.497 e. The molecule has 9 heteroatoms. The number of nitrogens with one attached hydrogen (secondary N) is 1. The highest BCUT2D eigenvalue weighted by Crippen LogP contribution is 2.46. The Morgan fingerprint density at radius 1 is 0.905 bits per heavy atom. The van der Waals surface area contributed by atoms with Crippen molar-refractivity contribution < 1.29 is 23.5 Å². The van der Waals surface area contributed by atoms with Crippen LogP contribution >= 0.6 is 0 Å². The van der Waals surface area contributed by atoms with Crippen LogP contribution in [0.25, 0.3) is 22.2 Å². The topological polar surface area (TPSA) is 89.3 Å². The molecule has 0 atom stereocenters. The van der Waals surface area contributed by atoms with E-state index in [9.17, 15) is 4.79 Å². The molecule has 3 heterocycles. The van der Waals surface area contributed by atoms with Crippen molar-refractivity contribution in [2.24, 2.45) is 0 Å². The van der Waals surface area contributed by atoms with Crippen molar-refractivity contribution in [3.63, 3.8) is 0 Å². The summed E-state index contributed by atoms with van der Waals surface area (Å²) in [6.45, 7) is 4.49. The molecule has 9 nitrogen and oxygen atoms in total. The maximum atomic E-state index is 13.9. The van der Waals surface area contributed by atoms with E-state index in [4.69, 9.17) is 18.7 Å². The largest absolute Gasteiger partial charge is 0.497 e. The first-order chi connectivity index (χ1) is 20.7. The van der Waals surface area contributed by atoms with Crippen LogP contribution in [0.2, 0.25) is 0 Å². The molecular formula is C33H28N4O5. The van der Waals surface area contributed by atoms with Gasteiger partial charge in [-0.2, -0.15) is 0 Å². The zero-order chi connectivity index (χ0) is 28.2. The lowest BCUT2D eigenvalue weighted by Gasteiger charge is -2.36. The van der Waals surface area contributed by atoms with Gasteiger partial charge >= 0.3 is 0 Å². The summed E-state index contributed by atoms with van der Waals surface area (Å²) in [4.78, 5) is 18.7. The van der Waals surface area contributed by atoms with Gasteiger partial charge < -0.3 is 29.0 Å². The van der Waals surface area contributed by atoms with E-state index in [0.29, 0.717) is 22.4 Å². The number of piperazine rings is 1. The molecule has 1 aromatic heterocycles. The fourth-order valence-electron chi connectivity index (χ4n) is 6.18. The predicted octanol–water partition coefficient (Wildman–Crippen LogP) is 5.84. The molecule has 5 aromatic rings. The summed E-state index contributed by atoms with van der Waals surface area (Å²) in [7, 11) is 1.64. The number of methoxy groups -OCH3 is 1. The second kappa shape index (κ2) is 9.81. The number of anilines is 3. The number of hydrogen-bond acceptors (Lipinski definition) is 9. The molecule has 8 rings (SSSR count). The van der Waals surface area contributed by atoms with Crippen LogP contribution in [-0.2, 0) is 6.54 Å². The summed E-state index contributed by atoms with van der Waals surface area (Å²) in [5, 5.41) is 8.81. The number of hydrogen-bond donors (Lipinski definition) is 1. The van der Waals surface area contributed by atoms with Gasteiger partial charge in [-0.3, -0.25) is 9.69 Å². The van der Waals surface area contributed by atoms with E-state index in [1.54, 1.807) is 7.11 Å². The molecule has 2 aliphatic heterocycles. The van der Waals surface area contributed by atoms with E-state index in [2.05, 4.69) is 32.4 Å². The molecule has 210 valence electrons. The molecule has 1 N–H and O–H groups in total. The lowest BCUT2D eigenvalue weighted by Crippen LogP contribution is -2.46. The van der Waals surface area contributed by atoms with Gasteiger partial charge in [0.2, 0.25) is 6.79 Å². The summed E-state index contributed by atoms with van der Waals surface area (Å²) in [6.07, 6.45) is 0. The lowest BCUT2D eigenvalue weighted by atomic mass is 9.86. The average molecular weight is 561 g/mol. The van der Waals surface area contributed by atoms with Crippen molar-refractivity contribution in [1.29, 1.82) is 0 Å². The van der Waals surface area contributed by atoms with E-state index in [1.807, 2.05) is 60.7 Å². The first kappa shape index (κ1) is 24.8. The van der Waals surface area contributed by atoms with Crippen molar-refractivity contribution in [1.82, 2.24) is 10.1 Å². The quantitative estimate of drug-likeness (QED) is 0.270. The fraction of sp³-hybridized carbons (Fsp3) is 0.212. The van der Waals surface area contributed by atoms with Gasteiger partial charge in [0.1, 0.15) is 11.3 Å². The Morgan fingerprint density at radius 3 is 2.60 bits per heavy atom. The van der Waals surface area contributed by atoms with Crippen LogP contribution in [0.4, 0.5) is 17.1 Å². The van der Waals surface area contributed by atoms with Crippen LogP contribution in [0, 0.1) is 0 Å². The summed E-state index contributed by atoms with van der Waals surface area (Å²) < 4.78 is 22.4. The van der Waals surface area contributed by atoms with Gasteiger partial charge in [-0.15, -0.1) is 0 Å². The molecule has 3 aliphatic rings. The first-order valence-electron chi connectivity index (χ1n) is 14.0. The highest BCUT2D eigenvalue weighted by Gasteiger charge is 2.34. The number of aromatic nitrogens is 1. The van der Waals surface area contributed by atoms with Crippen molar-refractivity contribution in [2.45, 2.75) is 6.54 Å². The number of ether oxygens (including phenoxy) is 3. The number of benzene rings is 4. The highest BCUT2D eigenvalue weighted by molar-refractivity contribution is 6.28. The first-order valence-corrected chi connectivity index (χ1v) is 14.0. The molecule has 1 aliphatic carbocycles. The van der Waals surface area contributed by atoms with Gasteiger partial charge in [0.25, 0.3) is 0 Å². The standard InChI is InChI=1S/C33H28N4O5/c1-39-22-6-4-5-21(16-22)34-25-17-26(31-30-29(25)32(38)23-7-2-3-8-24(23)33(30)42-35-31)37-13-11-36(12-14-37)18-20-9-10-27-28(15-20)41-19-40-27/h2-10,15-17,34H,11-14,18-19H2,1H3. The normalized spacial score (nSPS) is 15.6. The van der Waals surface area contributed by atoms with Crippen LogP contribution in [0.15, 0.2) is 77.3 Å². The van der Waals surface area contributed by atoms with E-state index >= 15 is 0 Å². The van der Waals surface area contributed by atoms with E-state index in [1.165, 1.54) is 5.56 Å². The van der Waals surface area contributed by atoms with Crippen LogP contribution in [0.5, 0.6) is 17.2 Å². The Bertz CT molecular complexity index is 1860. The zero-order valence-electron chi connectivity index (χ0n) is 23.1. The number of nitrogens with zero attached hydrogens (tertiary/aromatic N) is 3. The fourth-order valence-corrected chi connectivity index (χ4v) is 6.18. The molecular weight excluding hydrogens is 532 g/mol. The molecule has 4 aromatic carbocycles. The maximum Gasteiger partial charge on any atom is 0.231 e. The Morgan fingerprint density at radius 2 is 1.74 bits per heavy atom. The number of fused-ring (bicyclic) bond motifs is 3. The van der Waals surface area contributed by atoms with Crippen LogP contribution in [0.1, 0.15) is 21.5 Å². The molecule has 0 spiro atoms. The third-order valence-electron chi connectivity index (χ3n) is 8.28. The summed E-state index contributed by atoms with van der Waals surface area (Å²) in [5.41, 5.74) is 6.37. The zero-order valence-corrected chi connectivity index (χ0v) is 23.1. The van der Waals surface area contributed by atoms with Gasteiger partial charge in [-0.1, -0.05) is 41.6 Å². The van der Waals surface area contributed by atoms with E-state index in [0.717, 1.165) is 78.0 Å². The van der Waals surface area contributed by atoms with Crippen LogP contribution in [0.3, 0.4) is 0 Å². The molecule has 1 saturated heterocycles. The summed E-state index contributed by atoms with van der Waals surface area (Å²) in [5.74, 6) is 2.93. The highest BCUT2D eigenvalue weighted by atomic mass is 16.7. The van der Waals surface area contributed by atoms with Crippen LogP contribution in [-0.4, -0.2) is 55.9 Å². The lowest BCUT2D eigenvalue weighted by molar-refractivity contribution is 0.104. The van der Waals surface area contributed by atoms with Crippen molar-refractivity contribution >= 4 is 33.7 Å². The summed E-state index contributed by atoms with van der Waals surface area (Å²) in [6, 6.07) is 23.5. The Kier molecular flexibility index (Phi) is 5.78. The number of rotatable bonds is 6. The monoisotopic (exact) mass is 560 g/mol. The van der Waals surface area contributed by atoms with Crippen molar-refractivity contribution in [3.8, 4) is 28.6 Å². The van der Waals surface area contributed by atoms with Gasteiger partial charge in [-0.05, 0) is 35.9 Å². The van der Waals surface area contributed by atoms with Crippen LogP contribution < -0.4 is 24.4 Å². The van der Waals surface area contributed by atoms with E-state index < -0.39 is 0 Å². The Labute approximate surface area is 242 Å². The van der Waals surface area contributed by atoms with Gasteiger partial charge in [0, 0.05) is 55.6 Å². The predicted molar refractivity (Wildman–Crippen MR) is 159 cm³/mol. The SMILES string of the molecule is COc1cccc(Nc2cc(N3CCN(Cc4ccc5c(c4)OCO5)CC3)c3noc4c3c2C(=O)c2ccccc2-4)c1. The average Bonchev–Trinajstić information content (AvgIpc) is 3.68. The molecule has 0 amide bonds. The number of carbonyl (C=O) groups excluding carboxylic acids is 1. The summed E-state index contributed by atoms with van der Waals surface area (Å²) >= 11 is 0. The van der Waals surface area contributed by atoms with Gasteiger partial charge in [0.05, 0.1) is 29.4 Å². The molecule has 0 radical (unpaired) electrons. The maximum absolute atomic E-state index is 13.9. The second-order valence-electron chi connectivity index (χ2n) is 10.7. The van der Waals surface area contributed by atoms with Crippen molar-refractivity contribution in [2.75, 3.05) is 50.3 Å². The van der Waals surface area contributed by atoms with E-state index in [-0.39, 0.29) is 12.6 Å². The smallest absolute Gasteiger partial charge is 0.231 e. The molecule has 0 unspecified atom stereocenters. The number of carbonyl (C=O) groups is 1.